The Kier molecular flexibility index (Phi) is 6.85. The highest BCUT2D eigenvalue weighted by molar-refractivity contribution is 6.01. The van der Waals surface area contributed by atoms with Crippen LogP contribution in [-0.4, -0.2) is 60.8 Å². The summed E-state index contributed by atoms with van der Waals surface area (Å²) in [7, 11) is 3.66. The lowest BCUT2D eigenvalue weighted by Crippen LogP contribution is -2.14. The summed E-state index contributed by atoms with van der Waals surface area (Å²) < 4.78 is 7.52. The molecule has 0 saturated carbocycles. The molecule has 4 N–H and O–H groups in total. The molecule has 1 unspecified atom stereocenters. The molecular formula is C26H27N9O3. The number of aliphatic carboxylic acids is 1. The average molecular weight is 514 g/mol. The largest absolute Gasteiger partial charge is 0.481 e. The zero-order valence-corrected chi connectivity index (χ0v) is 21.1. The van der Waals surface area contributed by atoms with E-state index in [2.05, 4.69) is 36.0 Å². The second-order valence-corrected chi connectivity index (χ2v) is 8.64. The normalized spacial score (nSPS) is 11.9. The highest BCUT2D eigenvalue weighted by atomic mass is 16.5. The van der Waals surface area contributed by atoms with Gasteiger partial charge < -0.3 is 25.8 Å². The van der Waals surface area contributed by atoms with Gasteiger partial charge in [0.1, 0.15) is 17.5 Å². The minimum absolute atomic E-state index is 0.0315. The molecule has 0 bridgehead atoms. The Morgan fingerprint density at radius 3 is 2.71 bits per heavy atom. The zero-order valence-electron chi connectivity index (χ0n) is 21.1. The molecule has 0 aliphatic heterocycles. The summed E-state index contributed by atoms with van der Waals surface area (Å²) in [6.45, 7) is 1.82. The summed E-state index contributed by atoms with van der Waals surface area (Å²) in [6.07, 6.45) is 5.49. The first-order chi connectivity index (χ1) is 18.4. The number of carboxylic acid groups (broad SMARTS) is 1. The van der Waals surface area contributed by atoms with Crippen LogP contribution in [0.25, 0.3) is 27.8 Å². The van der Waals surface area contributed by atoms with Crippen molar-refractivity contribution in [3.63, 3.8) is 0 Å². The predicted octanol–water partition coefficient (Wildman–Crippen LogP) is 4.19. The van der Waals surface area contributed by atoms with Crippen LogP contribution < -0.4 is 20.7 Å². The summed E-state index contributed by atoms with van der Waals surface area (Å²) in [5, 5.41) is 24.7. The van der Waals surface area contributed by atoms with E-state index in [-0.39, 0.29) is 12.5 Å². The molecule has 5 heterocycles. The molecule has 0 aromatic carbocycles. The van der Waals surface area contributed by atoms with E-state index >= 15 is 0 Å². The first-order valence-electron chi connectivity index (χ1n) is 12.1. The number of carbonyl (C=O) groups is 1. The molecule has 38 heavy (non-hydrogen) atoms. The highest BCUT2D eigenvalue weighted by Crippen LogP contribution is 2.32. The molecule has 0 amide bonds. The number of anilines is 4. The van der Waals surface area contributed by atoms with E-state index in [1.807, 2.05) is 51.5 Å². The van der Waals surface area contributed by atoms with Crippen molar-refractivity contribution in [1.29, 1.82) is 0 Å². The van der Waals surface area contributed by atoms with Crippen LogP contribution in [0.2, 0.25) is 0 Å². The van der Waals surface area contributed by atoms with Crippen LogP contribution in [0.1, 0.15) is 19.8 Å². The molecule has 5 aromatic heterocycles. The van der Waals surface area contributed by atoms with Gasteiger partial charge in [0.25, 0.3) is 0 Å². The number of aromatic nitrogens is 6. The van der Waals surface area contributed by atoms with Crippen molar-refractivity contribution >= 4 is 45.5 Å². The Morgan fingerprint density at radius 2 is 1.92 bits per heavy atom. The number of nitrogens with zero attached hydrogens (tertiary/aromatic N) is 6. The van der Waals surface area contributed by atoms with Crippen molar-refractivity contribution in [3.05, 3.63) is 55.0 Å². The van der Waals surface area contributed by atoms with Crippen LogP contribution in [0.3, 0.4) is 0 Å². The number of hydrogen-bond donors (Lipinski definition) is 4. The maximum atomic E-state index is 10.8. The molecule has 0 radical (unpaired) electrons. The second-order valence-electron chi connectivity index (χ2n) is 8.64. The summed E-state index contributed by atoms with van der Waals surface area (Å²) in [6, 6.07) is 11.1. The first kappa shape index (κ1) is 24.7. The van der Waals surface area contributed by atoms with Gasteiger partial charge in [0.2, 0.25) is 5.88 Å². The number of hydrogen-bond acceptors (Lipinski definition) is 10. The third-order valence-electron chi connectivity index (χ3n) is 5.94. The van der Waals surface area contributed by atoms with E-state index in [1.165, 1.54) is 0 Å². The lowest BCUT2D eigenvalue weighted by molar-refractivity contribution is -0.137. The number of fused-ring (bicyclic) bond motifs is 2. The Labute approximate surface area is 218 Å². The molecule has 5 rings (SSSR count). The zero-order chi connectivity index (χ0) is 26.6. The first-order valence-corrected chi connectivity index (χ1v) is 12.1. The fourth-order valence-corrected chi connectivity index (χ4v) is 4.00. The van der Waals surface area contributed by atoms with Crippen molar-refractivity contribution in [2.45, 2.75) is 25.9 Å². The number of nitrogens with one attached hydrogen (secondary N) is 3. The molecule has 0 saturated heterocycles. The van der Waals surface area contributed by atoms with Gasteiger partial charge in [-0.15, -0.1) is 5.10 Å². The minimum atomic E-state index is -0.858. The van der Waals surface area contributed by atoms with Crippen molar-refractivity contribution in [2.75, 3.05) is 30.0 Å². The maximum absolute atomic E-state index is 10.8. The van der Waals surface area contributed by atoms with Crippen LogP contribution in [-0.2, 0) is 4.79 Å². The fraction of sp³-hybridized carbons (Fsp3) is 0.231. The molecule has 0 spiro atoms. The Bertz CT molecular complexity index is 1620. The van der Waals surface area contributed by atoms with Gasteiger partial charge in [0, 0.05) is 55.3 Å². The van der Waals surface area contributed by atoms with Gasteiger partial charge in [-0.3, -0.25) is 4.79 Å². The third-order valence-corrected chi connectivity index (χ3v) is 5.94. The Balaban J connectivity index is 1.46. The quantitative estimate of drug-likeness (QED) is 0.213. The van der Waals surface area contributed by atoms with Gasteiger partial charge in [0.15, 0.2) is 11.5 Å². The van der Waals surface area contributed by atoms with E-state index in [9.17, 15) is 4.79 Å². The van der Waals surface area contributed by atoms with Crippen LogP contribution >= 0.6 is 0 Å². The van der Waals surface area contributed by atoms with Gasteiger partial charge in [0.05, 0.1) is 18.0 Å². The van der Waals surface area contributed by atoms with E-state index < -0.39 is 5.97 Å². The summed E-state index contributed by atoms with van der Waals surface area (Å²) in [5.41, 5.74) is 2.40. The van der Waals surface area contributed by atoms with Gasteiger partial charge in [-0.05, 0) is 37.6 Å². The molecule has 0 fully saturated rings. The Morgan fingerprint density at radius 1 is 1.05 bits per heavy atom. The van der Waals surface area contributed by atoms with Crippen LogP contribution in [0.15, 0.2) is 55.0 Å². The standard InChI is InChI=1S/C26H27N9O3/c1-15(7-10-24(36)37)38-23-6-4-5-20(32-23)31-21-11-17-18(12-29-21)25(28-3)30-13-19(17)26-33-22-9-8-16(27-2)14-35(22)34-26/h4-6,8-9,11-15,27H,7,10H2,1-3H3,(H,28,30)(H,36,37)(H,29,31,32). The van der Waals surface area contributed by atoms with Crippen LogP contribution in [0.4, 0.5) is 23.1 Å². The molecule has 12 nitrogen and oxygen atoms in total. The molecule has 0 aliphatic rings. The van der Waals surface area contributed by atoms with Crippen LogP contribution in [0.5, 0.6) is 5.88 Å². The monoisotopic (exact) mass is 513 g/mol. The van der Waals surface area contributed by atoms with Crippen LogP contribution in [0, 0.1) is 0 Å². The number of rotatable bonds is 10. The summed E-state index contributed by atoms with van der Waals surface area (Å²) in [5.74, 6) is 1.87. The van der Waals surface area contributed by atoms with E-state index in [4.69, 9.17) is 14.8 Å². The number of carboxylic acids is 1. The predicted molar refractivity (Wildman–Crippen MR) is 145 cm³/mol. The highest BCUT2D eigenvalue weighted by Gasteiger charge is 2.15. The van der Waals surface area contributed by atoms with Gasteiger partial charge >= 0.3 is 5.97 Å². The van der Waals surface area contributed by atoms with Crippen molar-refractivity contribution in [3.8, 4) is 17.3 Å². The van der Waals surface area contributed by atoms with Crippen molar-refractivity contribution < 1.29 is 14.6 Å². The minimum Gasteiger partial charge on any atom is -0.481 e. The van der Waals surface area contributed by atoms with Gasteiger partial charge in [-0.25, -0.2) is 19.5 Å². The van der Waals surface area contributed by atoms with Crippen molar-refractivity contribution in [2.24, 2.45) is 0 Å². The van der Waals surface area contributed by atoms with E-state index in [0.29, 0.717) is 35.6 Å². The molecule has 12 heteroatoms. The molecule has 0 aliphatic carbocycles. The number of ether oxygens (including phenoxy) is 1. The summed E-state index contributed by atoms with van der Waals surface area (Å²) >= 11 is 0. The van der Waals surface area contributed by atoms with Gasteiger partial charge in [-0.1, -0.05) is 6.07 Å². The number of pyridine rings is 4. The lowest BCUT2D eigenvalue weighted by Gasteiger charge is -2.14. The topological polar surface area (TPSA) is 151 Å². The van der Waals surface area contributed by atoms with E-state index in [0.717, 1.165) is 27.7 Å². The molecular weight excluding hydrogens is 486 g/mol. The maximum Gasteiger partial charge on any atom is 0.303 e. The second kappa shape index (κ2) is 10.5. The average Bonchev–Trinajstić information content (AvgIpc) is 3.34. The molecule has 5 aromatic rings. The molecule has 1 atom stereocenters. The van der Waals surface area contributed by atoms with E-state index in [1.54, 1.807) is 29.0 Å². The Hall–Kier alpha value is -5.00. The third kappa shape index (κ3) is 5.24. The smallest absolute Gasteiger partial charge is 0.303 e. The van der Waals surface area contributed by atoms with Gasteiger partial charge in [-0.2, -0.15) is 4.98 Å². The lowest BCUT2D eigenvalue weighted by atomic mass is 10.1. The SMILES string of the molecule is CNc1ccc2nc(-c3cnc(NC)c4cnc(Nc5cccc(OC(C)CCC(=O)O)n5)cc34)nn2c1. The molecule has 194 valence electrons. The van der Waals surface area contributed by atoms with Crippen molar-refractivity contribution in [1.82, 2.24) is 29.5 Å². The fourth-order valence-electron chi connectivity index (χ4n) is 4.00. The summed E-state index contributed by atoms with van der Waals surface area (Å²) in [4.78, 5) is 29.1.